The van der Waals surface area contributed by atoms with Gasteiger partial charge in [-0.15, -0.1) is 0 Å². The first kappa shape index (κ1) is 16.9. The van der Waals surface area contributed by atoms with E-state index in [9.17, 15) is 13.2 Å². The monoisotopic (exact) mass is 342 g/mol. The fourth-order valence-electron chi connectivity index (χ4n) is 2.83. The van der Waals surface area contributed by atoms with E-state index >= 15 is 0 Å². The van der Waals surface area contributed by atoms with E-state index < -0.39 is 11.7 Å². The minimum Gasteiger partial charge on any atom is -0.378 e. The van der Waals surface area contributed by atoms with Crippen molar-refractivity contribution in [3.63, 3.8) is 0 Å². The third kappa shape index (κ3) is 4.11. The molecule has 2 N–H and O–H groups in total. The van der Waals surface area contributed by atoms with Gasteiger partial charge in [0, 0.05) is 38.4 Å². The topological polar surface area (TPSA) is 48.9 Å². The molecule has 0 aromatic heterocycles. The van der Waals surface area contributed by atoms with Gasteiger partial charge < -0.3 is 20.3 Å². The maximum Gasteiger partial charge on any atom is 0.416 e. The van der Waals surface area contributed by atoms with Crippen LogP contribution in [0, 0.1) is 0 Å². The fourth-order valence-corrected chi connectivity index (χ4v) is 2.83. The molecule has 0 unspecified atom stereocenters. The van der Waals surface area contributed by atoms with Gasteiger partial charge >= 0.3 is 6.18 Å². The molecule has 1 saturated heterocycles. The number of hydrogen-bond donors (Lipinski definition) is 2. The average Bonchev–Trinajstić information content (AvgIpc) is 2.61. The Morgan fingerprint density at radius 3 is 2.71 bits per heavy atom. The Hall–Kier alpha value is -1.96. The molecule has 1 fully saturated rings. The normalized spacial score (nSPS) is 18.8. The summed E-state index contributed by atoms with van der Waals surface area (Å²) in [5.41, 5.74) is 0.201. The van der Waals surface area contributed by atoms with E-state index in [4.69, 9.17) is 4.74 Å². The number of aliphatic imine (C=N–C) groups is 1. The zero-order valence-electron chi connectivity index (χ0n) is 13.3. The minimum absolute atomic E-state index is 0.0874. The SMILES string of the molecule is FC(F)(F)c1cc(N2CCOCC2)ccc1CNC1=NCCCN1. The first-order valence-corrected chi connectivity index (χ1v) is 8.09. The molecule has 0 spiro atoms. The molecule has 3 rings (SSSR count). The lowest BCUT2D eigenvalue weighted by atomic mass is 10.0. The van der Waals surface area contributed by atoms with Crippen LogP contribution >= 0.6 is 0 Å². The highest BCUT2D eigenvalue weighted by atomic mass is 19.4. The molecule has 0 aliphatic carbocycles. The van der Waals surface area contributed by atoms with Crippen LogP contribution in [0.2, 0.25) is 0 Å². The first-order valence-electron chi connectivity index (χ1n) is 8.09. The van der Waals surface area contributed by atoms with Crippen LogP contribution in [-0.4, -0.2) is 45.4 Å². The molecule has 0 atom stereocenters. The van der Waals surface area contributed by atoms with Gasteiger partial charge in [-0.25, -0.2) is 0 Å². The van der Waals surface area contributed by atoms with Crippen LogP contribution in [0.25, 0.3) is 0 Å². The van der Waals surface area contributed by atoms with Crippen molar-refractivity contribution in [2.75, 3.05) is 44.3 Å². The third-order valence-electron chi connectivity index (χ3n) is 4.12. The van der Waals surface area contributed by atoms with Crippen molar-refractivity contribution >= 4 is 11.6 Å². The summed E-state index contributed by atoms with van der Waals surface area (Å²) in [6, 6.07) is 4.52. The van der Waals surface area contributed by atoms with Crippen LogP contribution < -0.4 is 15.5 Å². The second kappa shape index (κ2) is 7.29. The number of rotatable bonds is 3. The van der Waals surface area contributed by atoms with Crippen molar-refractivity contribution in [1.29, 1.82) is 0 Å². The summed E-state index contributed by atoms with van der Waals surface area (Å²) in [6.07, 6.45) is -3.45. The van der Waals surface area contributed by atoms with Crippen molar-refractivity contribution in [3.05, 3.63) is 29.3 Å². The number of nitrogens with one attached hydrogen (secondary N) is 2. The van der Waals surface area contributed by atoms with Crippen molar-refractivity contribution in [1.82, 2.24) is 10.6 Å². The average molecular weight is 342 g/mol. The molecular formula is C16H21F3N4O. The summed E-state index contributed by atoms with van der Waals surface area (Å²) < 4.78 is 45.6. The predicted octanol–water partition coefficient (Wildman–Crippen LogP) is 1.98. The Kier molecular flexibility index (Phi) is 5.13. The molecular weight excluding hydrogens is 321 g/mol. The molecule has 1 aromatic carbocycles. The summed E-state index contributed by atoms with van der Waals surface area (Å²) in [4.78, 5) is 6.14. The van der Waals surface area contributed by atoms with Crippen molar-refractivity contribution in [3.8, 4) is 0 Å². The largest absolute Gasteiger partial charge is 0.416 e. The lowest BCUT2D eigenvalue weighted by Crippen LogP contribution is -2.40. The van der Waals surface area contributed by atoms with Crippen LogP contribution in [0.15, 0.2) is 23.2 Å². The number of alkyl halides is 3. The summed E-state index contributed by atoms with van der Waals surface area (Å²) in [5.74, 6) is 0.562. The number of nitrogens with zero attached hydrogens (tertiary/aromatic N) is 2. The van der Waals surface area contributed by atoms with Gasteiger partial charge in [0.1, 0.15) is 0 Å². The Morgan fingerprint density at radius 1 is 1.25 bits per heavy atom. The highest BCUT2D eigenvalue weighted by Gasteiger charge is 2.34. The maximum absolute atomic E-state index is 13.4. The lowest BCUT2D eigenvalue weighted by Gasteiger charge is -2.30. The number of benzene rings is 1. The Labute approximate surface area is 138 Å². The Bertz CT molecular complexity index is 597. The predicted molar refractivity (Wildman–Crippen MR) is 86.2 cm³/mol. The highest BCUT2D eigenvalue weighted by molar-refractivity contribution is 5.80. The van der Waals surface area contributed by atoms with Crippen LogP contribution in [0.3, 0.4) is 0 Å². The maximum atomic E-state index is 13.4. The summed E-state index contributed by atoms with van der Waals surface area (Å²) in [7, 11) is 0. The van der Waals surface area contributed by atoms with Gasteiger partial charge in [-0.05, 0) is 24.1 Å². The van der Waals surface area contributed by atoms with Crippen LogP contribution in [-0.2, 0) is 17.5 Å². The first-order chi connectivity index (χ1) is 11.5. The zero-order valence-corrected chi connectivity index (χ0v) is 13.3. The molecule has 2 heterocycles. The number of morpholine rings is 1. The van der Waals surface area contributed by atoms with E-state index in [0.717, 1.165) is 13.0 Å². The van der Waals surface area contributed by atoms with E-state index in [0.29, 0.717) is 44.5 Å². The molecule has 1 aromatic rings. The lowest BCUT2D eigenvalue weighted by molar-refractivity contribution is -0.138. The molecule has 0 radical (unpaired) electrons. The minimum atomic E-state index is -4.39. The number of ether oxygens (including phenoxy) is 1. The van der Waals surface area contributed by atoms with Crippen LogP contribution in [0.5, 0.6) is 0 Å². The summed E-state index contributed by atoms with van der Waals surface area (Å²) in [5, 5.41) is 6.00. The number of halogens is 3. The van der Waals surface area contributed by atoms with Crippen molar-refractivity contribution < 1.29 is 17.9 Å². The molecule has 132 valence electrons. The smallest absolute Gasteiger partial charge is 0.378 e. The number of hydrogen-bond acceptors (Lipinski definition) is 5. The highest BCUT2D eigenvalue weighted by Crippen LogP contribution is 2.35. The van der Waals surface area contributed by atoms with Crippen LogP contribution in [0.1, 0.15) is 17.5 Å². The molecule has 24 heavy (non-hydrogen) atoms. The number of guanidine groups is 1. The van der Waals surface area contributed by atoms with Gasteiger partial charge in [0.2, 0.25) is 0 Å². The quantitative estimate of drug-likeness (QED) is 0.882. The summed E-state index contributed by atoms with van der Waals surface area (Å²) >= 11 is 0. The van der Waals surface area contributed by atoms with Crippen molar-refractivity contribution in [2.45, 2.75) is 19.1 Å². The van der Waals surface area contributed by atoms with E-state index in [2.05, 4.69) is 15.6 Å². The van der Waals surface area contributed by atoms with Gasteiger partial charge in [-0.2, -0.15) is 13.2 Å². The Balaban J connectivity index is 1.78. The molecule has 0 amide bonds. The zero-order chi connectivity index (χ0) is 17.0. The van der Waals surface area contributed by atoms with Crippen molar-refractivity contribution in [2.24, 2.45) is 4.99 Å². The van der Waals surface area contributed by atoms with Gasteiger partial charge in [0.25, 0.3) is 0 Å². The van der Waals surface area contributed by atoms with E-state index in [1.54, 1.807) is 12.1 Å². The second-order valence-electron chi connectivity index (χ2n) is 5.80. The molecule has 0 saturated carbocycles. The van der Waals surface area contributed by atoms with E-state index in [1.165, 1.54) is 6.07 Å². The summed E-state index contributed by atoms with van der Waals surface area (Å²) in [6.45, 7) is 3.85. The van der Waals surface area contributed by atoms with Gasteiger partial charge in [0.05, 0.1) is 18.8 Å². The standard InChI is InChI=1S/C16H21F3N4O/c17-16(18,19)14-10-13(23-6-8-24-9-7-23)3-2-12(14)11-22-15-20-4-1-5-21-15/h2-3,10H,1,4-9,11H2,(H2,20,21,22). The van der Waals surface area contributed by atoms with Gasteiger partial charge in [-0.3, -0.25) is 4.99 Å². The third-order valence-corrected chi connectivity index (χ3v) is 4.12. The van der Waals surface area contributed by atoms with E-state index in [1.807, 2.05) is 4.90 Å². The fraction of sp³-hybridized carbons (Fsp3) is 0.562. The van der Waals surface area contributed by atoms with E-state index in [-0.39, 0.29) is 12.1 Å². The molecule has 0 bridgehead atoms. The molecule has 5 nitrogen and oxygen atoms in total. The van der Waals surface area contributed by atoms with Gasteiger partial charge in [0.15, 0.2) is 5.96 Å². The van der Waals surface area contributed by atoms with Gasteiger partial charge in [-0.1, -0.05) is 6.07 Å². The Morgan fingerprint density at radius 2 is 2.04 bits per heavy atom. The molecule has 2 aliphatic rings. The van der Waals surface area contributed by atoms with Crippen LogP contribution in [0.4, 0.5) is 18.9 Å². The molecule has 2 aliphatic heterocycles. The second-order valence-corrected chi connectivity index (χ2v) is 5.80. The molecule has 8 heteroatoms. The number of anilines is 1.